The molecule has 0 fully saturated rings. The van der Waals surface area contributed by atoms with Crippen molar-refractivity contribution in [2.75, 3.05) is 13.6 Å². The lowest BCUT2D eigenvalue weighted by atomic mass is 9.96. The molecule has 0 radical (unpaired) electrons. The van der Waals surface area contributed by atoms with Gasteiger partial charge in [0.15, 0.2) is 23.0 Å². The molecule has 146 valence electrons. The van der Waals surface area contributed by atoms with E-state index in [9.17, 15) is 5.11 Å². The molecule has 0 unspecified atom stereocenters. The number of aromatic hydroxyl groups is 1. The van der Waals surface area contributed by atoms with E-state index >= 15 is 0 Å². The Morgan fingerprint density at radius 1 is 0.800 bits per heavy atom. The number of ether oxygens (including phenoxy) is 4. The molecule has 2 aliphatic rings. The first-order valence-corrected chi connectivity index (χ1v) is 9.21. The Morgan fingerprint density at radius 3 is 2.13 bits per heavy atom. The average Bonchev–Trinajstić information content (AvgIpc) is 3.49. The predicted octanol–water partition coefficient (Wildman–Crippen LogP) is 4.80. The van der Waals surface area contributed by atoms with Crippen molar-refractivity contribution < 1.29 is 28.5 Å². The zero-order valence-corrected chi connectivity index (χ0v) is 15.5. The summed E-state index contributed by atoms with van der Waals surface area (Å²) in [6.07, 6.45) is 0. The number of nitrogens with zero attached hydrogens (tertiary/aromatic N) is 1. The Balaban J connectivity index is 1.65. The van der Waals surface area contributed by atoms with Crippen molar-refractivity contribution in [3.05, 3.63) is 54.1 Å². The SMILES string of the molecule is N#Cc1ccc(-c2oc3cc4c(cc3c2-c2cc3c(cc2O)OCO3)OCO4)cc1. The first-order chi connectivity index (χ1) is 14.7. The Bertz CT molecular complexity index is 1360. The highest BCUT2D eigenvalue weighted by Gasteiger charge is 2.26. The summed E-state index contributed by atoms with van der Waals surface area (Å²) in [5.41, 5.74) is 3.12. The van der Waals surface area contributed by atoms with Gasteiger partial charge < -0.3 is 28.5 Å². The van der Waals surface area contributed by atoms with E-state index in [2.05, 4.69) is 6.07 Å². The fraction of sp³-hybridized carbons (Fsp3) is 0.0870. The number of hydrogen-bond donors (Lipinski definition) is 1. The zero-order valence-electron chi connectivity index (χ0n) is 15.5. The van der Waals surface area contributed by atoms with Crippen LogP contribution in [0.5, 0.6) is 28.7 Å². The number of fused-ring (bicyclic) bond motifs is 3. The van der Waals surface area contributed by atoms with Gasteiger partial charge in [0.05, 0.1) is 11.6 Å². The van der Waals surface area contributed by atoms with Crippen molar-refractivity contribution in [2.24, 2.45) is 0 Å². The van der Waals surface area contributed by atoms with Crippen LogP contribution in [0.3, 0.4) is 0 Å². The van der Waals surface area contributed by atoms with Gasteiger partial charge in [-0.15, -0.1) is 0 Å². The third-order valence-corrected chi connectivity index (χ3v) is 5.22. The summed E-state index contributed by atoms with van der Waals surface area (Å²) in [5, 5.41) is 20.6. The smallest absolute Gasteiger partial charge is 0.231 e. The first-order valence-electron chi connectivity index (χ1n) is 9.21. The van der Waals surface area contributed by atoms with Crippen molar-refractivity contribution in [1.29, 1.82) is 5.26 Å². The van der Waals surface area contributed by atoms with E-state index in [-0.39, 0.29) is 19.3 Å². The van der Waals surface area contributed by atoms with Gasteiger partial charge in [0.2, 0.25) is 13.6 Å². The summed E-state index contributed by atoms with van der Waals surface area (Å²) < 4.78 is 28.1. The maximum absolute atomic E-state index is 10.8. The van der Waals surface area contributed by atoms with Crippen molar-refractivity contribution in [1.82, 2.24) is 0 Å². The Kier molecular flexibility index (Phi) is 3.38. The molecule has 3 aromatic carbocycles. The molecular formula is C23H13NO6. The van der Waals surface area contributed by atoms with Crippen molar-refractivity contribution in [2.45, 2.75) is 0 Å². The minimum atomic E-state index is 0.0366. The van der Waals surface area contributed by atoms with Gasteiger partial charge in [-0.1, -0.05) is 0 Å². The molecule has 0 saturated carbocycles. The fourth-order valence-corrected chi connectivity index (χ4v) is 3.78. The van der Waals surface area contributed by atoms with Gasteiger partial charge in [0.25, 0.3) is 0 Å². The highest BCUT2D eigenvalue weighted by molar-refractivity contribution is 6.04. The van der Waals surface area contributed by atoms with Crippen molar-refractivity contribution in [3.8, 4) is 57.3 Å². The van der Waals surface area contributed by atoms with Crippen LogP contribution in [0, 0.1) is 11.3 Å². The number of rotatable bonds is 2. The second-order valence-electron chi connectivity index (χ2n) is 6.92. The standard InChI is InChI=1S/C23H13NO6/c24-9-12-1-3-13(4-2-12)23-22(14-5-18-20(7-16(14)25)28-10-26-18)15-6-19-21(29-11-27-19)8-17(15)30-23/h1-8,25H,10-11H2. The number of phenolic OH excluding ortho intramolecular Hbond substituents is 1. The Labute approximate surface area is 170 Å². The van der Waals surface area contributed by atoms with Crippen LogP contribution in [0.2, 0.25) is 0 Å². The second-order valence-corrected chi connectivity index (χ2v) is 6.92. The zero-order chi connectivity index (χ0) is 20.2. The number of phenols is 1. The molecule has 0 amide bonds. The van der Waals surface area contributed by atoms with E-state index in [4.69, 9.17) is 28.6 Å². The molecular weight excluding hydrogens is 386 g/mol. The molecule has 1 N–H and O–H groups in total. The van der Waals surface area contributed by atoms with Gasteiger partial charge >= 0.3 is 0 Å². The summed E-state index contributed by atoms with van der Waals surface area (Å²) >= 11 is 0. The lowest BCUT2D eigenvalue weighted by molar-refractivity contribution is 0.173. The van der Waals surface area contributed by atoms with E-state index in [0.717, 1.165) is 10.9 Å². The molecule has 0 saturated heterocycles. The fourth-order valence-electron chi connectivity index (χ4n) is 3.78. The van der Waals surface area contributed by atoms with Crippen LogP contribution in [0.1, 0.15) is 5.56 Å². The van der Waals surface area contributed by atoms with Gasteiger partial charge in [0, 0.05) is 34.2 Å². The van der Waals surface area contributed by atoms with E-state index < -0.39 is 0 Å². The minimum absolute atomic E-state index is 0.0366. The molecule has 0 atom stereocenters. The summed E-state index contributed by atoms with van der Waals surface area (Å²) in [5.74, 6) is 2.83. The molecule has 2 aliphatic heterocycles. The van der Waals surface area contributed by atoms with Crippen LogP contribution in [-0.4, -0.2) is 18.7 Å². The van der Waals surface area contributed by atoms with Crippen LogP contribution in [-0.2, 0) is 0 Å². The van der Waals surface area contributed by atoms with E-state index in [1.807, 2.05) is 18.2 Å². The maximum Gasteiger partial charge on any atom is 0.231 e. The van der Waals surface area contributed by atoms with Gasteiger partial charge in [-0.2, -0.15) is 5.26 Å². The van der Waals surface area contributed by atoms with Crippen LogP contribution >= 0.6 is 0 Å². The van der Waals surface area contributed by atoms with Crippen LogP contribution in [0.4, 0.5) is 0 Å². The predicted molar refractivity (Wildman–Crippen MR) is 106 cm³/mol. The lowest BCUT2D eigenvalue weighted by Crippen LogP contribution is -1.93. The molecule has 3 heterocycles. The number of benzene rings is 3. The monoisotopic (exact) mass is 399 g/mol. The summed E-state index contributed by atoms with van der Waals surface area (Å²) in [6, 6.07) is 16.1. The van der Waals surface area contributed by atoms with Crippen LogP contribution in [0.25, 0.3) is 33.4 Å². The largest absolute Gasteiger partial charge is 0.507 e. The summed E-state index contributed by atoms with van der Waals surface area (Å²) in [7, 11) is 0. The van der Waals surface area contributed by atoms with Crippen molar-refractivity contribution in [3.63, 3.8) is 0 Å². The third-order valence-electron chi connectivity index (χ3n) is 5.22. The quantitative estimate of drug-likeness (QED) is 0.517. The van der Waals surface area contributed by atoms with Crippen LogP contribution in [0.15, 0.2) is 52.9 Å². The third kappa shape index (κ3) is 2.37. The number of furan rings is 1. The highest BCUT2D eigenvalue weighted by Crippen LogP contribution is 2.50. The molecule has 0 bridgehead atoms. The molecule has 7 heteroatoms. The van der Waals surface area contributed by atoms with E-state index in [0.29, 0.717) is 51.0 Å². The minimum Gasteiger partial charge on any atom is -0.507 e. The van der Waals surface area contributed by atoms with Crippen LogP contribution < -0.4 is 18.9 Å². The second kappa shape index (κ2) is 6.09. The maximum atomic E-state index is 10.8. The van der Waals surface area contributed by atoms with E-state index in [1.54, 1.807) is 24.3 Å². The Hall–Kier alpha value is -4.31. The topological polar surface area (TPSA) is 94.1 Å². The molecule has 0 spiro atoms. The van der Waals surface area contributed by atoms with Gasteiger partial charge in [0.1, 0.15) is 17.1 Å². The normalized spacial score (nSPS) is 13.6. The Morgan fingerprint density at radius 2 is 1.43 bits per heavy atom. The van der Waals surface area contributed by atoms with E-state index in [1.165, 1.54) is 6.07 Å². The molecule has 4 aromatic rings. The van der Waals surface area contributed by atoms with Gasteiger partial charge in [-0.25, -0.2) is 0 Å². The summed E-state index contributed by atoms with van der Waals surface area (Å²) in [6.45, 7) is 0.251. The molecule has 1 aromatic heterocycles. The summed E-state index contributed by atoms with van der Waals surface area (Å²) in [4.78, 5) is 0. The van der Waals surface area contributed by atoms with Gasteiger partial charge in [-0.05, 0) is 36.4 Å². The lowest BCUT2D eigenvalue weighted by Gasteiger charge is -2.08. The first kappa shape index (κ1) is 16.6. The number of nitriles is 1. The number of hydrogen-bond acceptors (Lipinski definition) is 7. The molecule has 30 heavy (non-hydrogen) atoms. The molecule has 0 aliphatic carbocycles. The van der Waals surface area contributed by atoms with Crippen molar-refractivity contribution >= 4 is 11.0 Å². The highest BCUT2D eigenvalue weighted by atomic mass is 16.7. The van der Waals surface area contributed by atoms with Gasteiger partial charge in [-0.3, -0.25) is 0 Å². The average molecular weight is 399 g/mol. The molecule has 7 nitrogen and oxygen atoms in total. The molecule has 6 rings (SSSR count).